The van der Waals surface area contributed by atoms with Gasteiger partial charge in [0.05, 0.1) is 24.3 Å². The number of benzene rings is 2. The molecule has 0 atom stereocenters. The first kappa shape index (κ1) is 24.0. The van der Waals surface area contributed by atoms with Crippen LogP contribution in [-0.4, -0.2) is 47.7 Å². The van der Waals surface area contributed by atoms with Crippen molar-refractivity contribution in [3.63, 3.8) is 0 Å². The molecule has 0 spiro atoms. The van der Waals surface area contributed by atoms with Crippen molar-refractivity contribution < 1.29 is 19.4 Å². The van der Waals surface area contributed by atoms with E-state index < -0.39 is 5.97 Å². The van der Waals surface area contributed by atoms with Crippen molar-refractivity contribution in [3.8, 4) is 0 Å². The molecule has 2 aromatic carbocycles. The minimum absolute atomic E-state index is 0.0144. The van der Waals surface area contributed by atoms with Gasteiger partial charge in [-0.3, -0.25) is 4.79 Å². The van der Waals surface area contributed by atoms with E-state index >= 15 is 0 Å². The Balaban J connectivity index is 0.000000416. The number of Topliss-reactive ketones (excluding diaryl/α,β-unsaturated/α-hetero) is 1. The maximum atomic E-state index is 12.4. The number of carbonyl (C=O) groups is 2. The molecule has 1 fully saturated rings. The largest absolute Gasteiger partial charge is 0.478 e. The number of hydrogen-bond acceptors (Lipinski definition) is 4. The minimum Gasteiger partial charge on any atom is -0.478 e. The van der Waals surface area contributed by atoms with Crippen LogP contribution in [0.2, 0.25) is 5.02 Å². The van der Waals surface area contributed by atoms with Crippen LogP contribution in [0.4, 0.5) is 0 Å². The van der Waals surface area contributed by atoms with Crippen LogP contribution in [0.3, 0.4) is 0 Å². The standard InChI is InChI=1S/C21H20ClNO3.C4H9NO/c1-3-6-18-20(13(2)24)16-10-9-14(21(25)26)11-19(16)23(18)12-15-7-4-5-8-17(15)22;1-3-6-4-2-5-1/h4-5,7-11H,3,6,12H2,1-2H3,(H,25,26);5H,1-4H2. The van der Waals surface area contributed by atoms with Crippen LogP contribution in [-0.2, 0) is 17.7 Å². The first-order valence-electron chi connectivity index (χ1n) is 10.8. The lowest BCUT2D eigenvalue weighted by Gasteiger charge is -2.13. The Morgan fingerprint density at radius 2 is 1.88 bits per heavy atom. The summed E-state index contributed by atoms with van der Waals surface area (Å²) in [6.45, 7) is 7.94. The SMILES string of the molecule is C1COCCN1.CCCc1c(C(C)=O)c2ccc(C(=O)O)cc2n1Cc1ccccc1Cl. The van der Waals surface area contributed by atoms with Crippen LogP contribution in [0.25, 0.3) is 10.9 Å². The normalized spacial score (nSPS) is 13.5. The number of fused-ring (bicyclic) bond motifs is 1. The van der Waals surface area contributed by atoms with Gasteiger partial charge in [-0.25, -0.2) is 4.79 Å². The van der Waals surface area contributed by atoms with Crippen molar-refractivity contribution >= 4 is 34.3 Å². The average molecular weight is 457 g/mol. The Kier molecular flexibility index (Phi) is 8.45. The number of carboxylic acids is 1. The number of hydrogen-bond donors (Lipinski definition) is 2. The molecule has 3 aromatic rings. The summed E-state index contributed by atoms with van der Waals surface area (Å²) in [4.78, 5) is 23.8. The van der Waals surface area contributed by atoms with E-state index in [9.17, 15) is 14.7 Å². The Labute approximate surface area is 193 Å². The van der Waals surface area contributed by atoms with Crippen molar-refractivity contribution in [2.75, 3.05) is 26.3 Å². The van der Waals surface area contributed by atoms with Gasteiger partial charge in [-0.05, 0) is 37.1 Å². The molecular weight excluding hydrogens is 428 g/mol. The van der Waals surface area contributed by atoms with E-state index in [-0.39, 0.29) is 11.3 Å². The van der Waals surface area contributed by atoms with Gasteiger partial charge in [0, 0.05) is 41.3 Å². The summed E-state index contributed by atoms with van der Waals surface area (Å²) in [6, 6.07) is 12.5. The number of rotatable bonds is 6. The van der Waals surface area contributed by atoms with E-state index in [1.54, 1.807) is 25.1 Å². The van der Waals surface area contributed by atoms with E-state index in [2.05, 4.69) is 12.2 Å². The topological polar surface area (TPSA) is 80.6 Å². The van der Waals surface area contributed by atoms with Gasteiger partial charge < -0.3 is 19.7 Å². The molecular formula is C25H29ClN2O4. The van der Waals surface area contributed by atoms with Crippen LogP contribution in [0.1, 0.15) is 52.2 Å². The van der Waals surface area contributed by atoms with Crippen LogP contribution < -0.4 is 5.32 Å². The molecule has 0 radical (unpaired) electrons. The minimum atomic E-state index is -0.987. The molecule has 2 heterocycles. The number of carbonyl (C=O) groups excluding carboxylic acids is 1. The van der Waals surface area contributed by atoms with Gasteiger partial charge in [0.1, 0.15) is 0 Å². The summed E-state index contributed by atoms with van der Waals surface area (Å²) >= 11 is 6.33. The van der Waals surface area contributed by atoms with Gasteiger partial charge in [-0.1, -0.05) is 49.2 Å². The predicted molar refractivity (Wildman–Crippen MR) is 127 cm³/mol. The molecule has 170 valence electrons. The third kappa shape index (κ3) is 5.57. The molecule has 2 N–H and O–H groups in total. The molecule has 1 aromatic heterocycles. The molecule has 1 saturated heterocycles. The molecule has 0 bridgehead atoms. The first-order valence-corrected chi connectivity index (χ1v) is 11.2. The van der Waals surface area contributed by atoms with Crippen LogP contribution in [0, 0.1) is 0 Å². The zero-order valence-corrected chi connectivity index (χ0v) is 19.2. The molecule has 4 rings (SSSR count). The third-order valence-electron chi connectivity index (χ3n) is 5.39. The Hall–Kier alpha value is -2.67. The van der Waals surface area contributed by atoms with Crippen molar-refractivity contribution in [1.82, 2.24) is 9.88 Å². The maximum absolute atomic E-state index is 12.4. The van der Waals surface area contributed by atoms with Gasteiger partial charge in [0.2, 0.25) is 0 Å². The van der Waals surface area contributed by atoms with Crippen molar-refractivity contribution in [2.45, 2.75) is 33.2 Å². The smallest absolute Gasteiger partial charge is 0.335 e. The number of aromatic carboxylic acids is 1. The molecule has 1 aliphatic rings. The highest BCUT2D eigenvalue weighted by molar-refractivity contribution is 6.31. The van der Waals surface area contributed by atoms with Crippen LogP contribution >= 0.6 is 11.6 Å². The first-order chi connectivity index (χ1) is 15.4. The Morgan fingerprint density at radius 1 is 1.16 bits per heavy atom. The molecule has 6 nitrogen and oxygen atoms in total. The molecule has 0 unspecified atom stereocenters. The molecule has 7 heteroatoms. The number of ether oxygens (including phenoxy) is 1. The predicted octanol–water partition coefficient (Wildman–Crippen LogP) is 4.80. The summed E-state index contributed by atoms with van der Waals surface area (Å²) in [5.41, 5.74) is 3.48. The summed E-state index contributed by atoms with van der Waals surface area (Å²) in [5.74, 6) is -1.00. The second kappa shape index (κ2) is 11.3. The Bertz CT molecular complexity index is 1090. The van der Waals surface area contributed by atoms with Crippen LogP contribution in [0.5, 0.6) is 0 Å². The molecule has 1 aliphatic heterocycles. The van der Waals surface area contributed by atoms with Gasteiger partial charge >= 0.3 is 5.97 Å². The monoisotopic (exact) mass is 456 g/mol. The lowest BCUT2D eigenvalue weighted by atomic mass is 10.0. The molecule has 32 heavy (non-hydrogen) atoms. The van der Waals surface area contributed by atoms with E-state index in [0.29, 0.717) is 17.1 Å². The van der Waals surface area contributed by atoms with E-state index in [0.717, 1.165) is 61.3 Å². The van der Waals surface area contributed by atoms with Gasteiger partial charge in [-0.15, -0.1) is 0 Å². The number of morpholine rings is 1. The van der Waals surface area contributed by atoms with Crippen molar-refractivity contribution in [1.29, 1.82) is 0 Å². The number of halogens is 1. The van der Waals surface area contributed by atoms with E-state index in [4.69, 9.17) is 16.3 Å². The Morgan fingerprint density at radius 3 is 2.41 bits per heavy atom. The number of carboxylic acid groups (broad SMARTS) is 1. The fourth-order valence-corrected chi connectivity index (χ4v) is 4.11. The molecule has 0 aliphatic carbocycles. The number of nitrogens with one attached hydrogen (secondary N) is 1. The van der Waals surface area contributed by atoms with Gasteiger partial charge in [0.15, 0.2) is 5.78 Å². The van der Waals surface area contributed by atoms with Gasteiger partial charge in [0.25, 0.3) is 0 Å². The summed E-state index contributed by atoms with van der Waals surface area (Å²) in [7, 11) is 0. The number of nitrogens with zero attached hydrogens (tertiary/aromatic N) is 1. The number of ketones is 1. The lowest BCUT2D eigenvalue weighted by molar-refractivity contribution is 0.0696. The lowest BCUT2D eigenvalue weighted by Crippen LogP contribution is -2.30. The van der Waals surface area contributed by atoms with Gasteiger partial charge in [-0.2, -0.15) is 0 Å². The summed E-state index contributed by atoms with van der Waals surface area (Å²) in [6.07, 6.45) is 1.61. The highest BCUT2D eigenvalue weighted by Crippen LogP contribution is 2.31. The second-order valence-corrected chi connectivity index (χ2v) is 8.11. The third-order valence-corrected chi connectivity index (χ3v) is 5.76. The zero-order valence-electron chi connectivity index (χ0n) is 18.5. The van der Waals surface area contributed by atoms with Crippen LogP contribution in [0.15, 0.2) is 42.5 Å². The fraction of sp³-hybridized carbons (Fsp3) is 0.360. The highest BCUT2D eigenvalue weighted by Gasteiger charge is 2.21. The quantitative estimate of drug-likeness (QED) is 0.520. The zero-order chi connectivity index (χ0) is 23.1. The van der Waals surface area contributed by atoms with E-state index in [1.807, 2.05) is 28.8 Å². The highest BCUT2D eigenvalue weighted by atomic mass is 35.5. The van der Waals surface area contributed by atoms with E-state index in [1.165, 1.54) is 0 Å². The summed E-state index contributed by atoms with van der Waals surface area (Å²) < 4.78 is 7.04. The fourth-order valence-electron chi connectivity index (χ4n) is 3.92. The van der Waals surface area contributed by atoms with Crippen molar-refractivity contribution in [2.24, 2.45) is 0 Å². The molecule has 0 amide bonds. The maximum Gasteiger partial charge on any atom is 0.335 e. The number of aromatic nitrogens is 1. The molecule has 0 saturated carbocycles. The van der Waals surface area contributed by atoms with Crippen molar-refractivity contribution in [3.05, 3.63) is 69.9 Å². The average Bonchev–Trinajstić information content (AvgIpc) is 3.10. The summed E-state index contributed by atoms with van der Waals surface area (Å²) in [5, 5.41) is 14.0. The second-order valence-electron chi connectivity index (χ2n) is 7.70.